The number of carbonyl (C=O) groups is 2. The summed E-state index contributed by atoms with van der Waals surface area (Å²) < 4.78 is 14.1. The fourth-order valence-corrected chi connectivity index (χ4v) is 4.27. The number of carboxylic acid groups (broad SMARTS) is 1. The minimum Gasteiger partial charge on any atom is -0.481 e. The van der Waals surface area contributed by atoms with Gasteiger partial charge in [-0.2, -0.15) is 0 Å². The lowest BCUT2D eigenvalue weighted by Gasteiger charge is -2.31. The first-order chi connectivity index (χ1) is 10.8. The van der Waals surface area contributed by atoms with Crippen molar-refractivity contribution in [3.8, 4) is 0 Å². The number of rotatable bonds is 3. The lowest BCUT2D eigenvalue weighted by molar-refractivity contribution is -0.149. The van der Waals surface area contributed by atoms with Crippen LogP contribution in [0.4, 0.5) is 4.39 Å². The molecule has 23 heavy (non-hydrogen) atoms. The molecule has 0 radical (unpaired) electrons. The Hall–Kier alpha value is -1.91. The zero-order valence-corrected chi connectivity index (χ0v) is 13.5. The molecule has 0 aromatic heterocycles. The van der Waals surface area contributed by atoms with Gasteiger partial charge in [0, 0.05) is 18.7 Å². The highest BCUT2D eigenvalue weighted by atomic mass is 19.1. The summed E-state index contributed by atoms with van der Waals surface area (Å²) in [5, 5.41) is 9.64. The third kappa shape index (κ3) is 2.33. The normalized spacial score (nSPS) is 27.1. The largest absolute Gasteiger partial charge is 0.481 e. The molecule has 1 aliphatic carbocycles. The van der Waals surface area contributed by atoms with Crippen LogP contribution in [0.3, 0.4) is 0 Å². The van der Waals surface area contributed by atoms with Gasteiger partial charge in [0.05, 0.1) is 10.8 Å². The fourth-order valence-electron chi connectivity index (χ4n) is 4.27. The predicted molar refractivity (Wildman–Crippen MR) is 83.4 cm³/mol. The number of halogens is 1. The predicted octanol–water partition coefficient (Wildman–Crippen LogP) is 2.82. The standard InChI is InChI=1S/C18H22FNO3/c1-17(2,13-7-3-4-8-14(13)19)15(21)20-10-12-6-5-9-18(12,11-20)16(22)23/h3-4,7-8,12H,5-6,9-11H2,1-2H3,(H,22,23)/t12-,18+/m0/s1. The number of amides is 1. The molecule has 1 N–H and O–H groups in total. The van der Waals surface area contributed by atoms with Gasteiger partial charge in [0.25, 0.3) is 0 Å². The summed E-state index contributed by atoms with van der Waals surface area (Å²) in [6.45, 7) is 4.11. The Morgan fingerprint density at radius 1 is 1.35 bits per heavy atom. The molecule has 2 fully saturated rings. The number of carboxylic acids is 1. The van der Waals surface area contributed by atoms with E-state index in [1.165, 1.54) is 6.07 Å². The molecule has 5 heteroatoms. The van der Waals surface area contributed by atoms with Crippen LogP contribution in [0.1, 0.15) is 38.7 Å². The summed E-state index contributed by atoms with van der Waals surface area (Å²) in [7, 11) is 0. The van der Waals surface area contributed by atoms with Gasteiger partial charge < -0.3 is 10.0 Å². The van der Waals surface area contributed by atoms with Crippen molar-refractivity contribution in [2.75, 3.05) is 13.1 Å². The first-order valence-electron chi connectivity index (χ1n) is 8.07. The highest BCUT2D eigenvalue weighted by Gasteiger charge is 2.57. The van der Waals surface area contributed by atoms with Gasteiger partial charge in [0.1, 0.15) is 5.82 Å². The quantitative estimate of drug-likeness (QED) is 0.932. The zero-order chi connectivity index (χ0) is 16.8. The summed E-state index contributed by atoms with van der Waals surface area (Å²) in [5.74, 6) is -1.39. The fraction of sp³-hybridized carbons (Fsp3) is 0.556. The lowest BCUT2D eigenvalue weighted by atomic mass is 9.81. The van der Waals surface area contributed by atoms with Crippen LogP contribution in [0.2, 0.25) is 0 Å². The smallest absolute Gasteiger partial charge is 0.311 e. The Bertz CT molecular complexity index is 657. The van der Waals surface area contributed by atoms with Crippen LogP contribution in [0.15, 0.2) is 24.3 Å². The number of fused-ring (bicyclic) bond motifs is 1. The number of benzene rings is 1. The molecule has 1 saturated carbocycles. The van der Waals surface area contributed by atoms with Gasteiger partial charge in [-0.15, -0.1) is 0 Å². The summed E-state index contributed by atoms with van der Waals surface area (Å²) in [6.07, 6.45) is 2.36. The van der Waals surface area contributed by atoms with E-state index in [-0.39, 0.29) is 18.4 Å². The molecule has 1 aliphatic heterocycles. The summed E-state index contributed by atoms with van der Waals surface area (Å²) in [4.78, 5) is 26.4. The van der Waals surface area contributed by atoms with Crippen molar-refractivity contribution < 1.29 is 19.1 Å². The maximum absolute atomic E-state index is 14.1. The molecular formula is C18H22FNO3. The second kappa shape index (κ2) is 5.32. The van der Waals surface area contributed by atoms with E-state index in [4.69, 9.17) is 0 Å². The minimum absolute atomic E-state index is 0.0142. The maximum Gasteiger partial charge on any atom is 0.311 e. The molecule has 1 amide bonds. The molecule has 2 atom stereocenters. The van der Waals surface area contributed by atoms with Crippen molar-refractivity contribution >= 4 is 11.9 Å². The third-order valence-electron chi connectivity index (χ3n) is 5.67. The second-order valence-electron chi connectivity index (χ2n) is 7.34. The first kappa shape index (κ1) is 16.0. The van der Waals surface area contributed by atoms with E-state index in [0.29, 0.717) is 18.5 Å². The monoisotopic (exact) mass is 319 g/mol. The molecule has 1 heterocycles. The molecule has 3 rings (SSSR count). The maximum atomic E-state index is 14.1. The van der Waals surface area contributed by atoms with Gasteiger partial charge in [-0.3, -0.25) is 9.59 Å². The average Bonchev–Trinajstić information content (AvgIpc) is 3.04. The lowest BCUT2D eigenvalue weighted by Crippen LogP contribution is -2.44. The van der Waals surface area contributed by atoms with Crippen molar-refractivity contribution in [2.45, 2.75) is 38.5 Å². The molecule has 0 spiro atoms. The topological polar surface area (TPSA) is 57.6 Å². The Kier molecular flexibility index (Phi) is 3.69. The number of hydrogen-bond acceptors (Lipinski definition) is 2. The van der Waals surface area contributed by atoms with E-state index in [2.05, 4.69) is 0 Å². The van der Waals surface area contributed by atoms with Gasteiger partial charge in [-0.05, 0) is 38.7 Å². The molecule has 124 valence electrons. The number of nitrogens with zero attached hydrogens (tertiary/aromatic N) is 1. The average molecular weight is 319 g/mol. The molecule has 0 unspecified atom stereocenters. The van der Waals surface area contributed by atoms with Crippen LogP contribution >= 0.6 is 0 Å². The molecule has 1 aromatic carbocycles. The van der Waals surface area contributed by atoms with Crippen LogP contribution in [0.5, 0.6) is 0 Å². The van der Waals surface area contributed by atoms with Crippen molar-refractivity contribution in [1.82, 2.24) is 4.90 Å². The van der Waals surface area contributed by atoms with Crippen LogP contribution in [0, 0.1) is 17.2 Å². The number of hydrogen-bond donors (Lipinski definition) is 1. The molecule has 0 bridgehead atoms. The van der Waals surface area contributed by atoms with Gasteiger partial charge >= 0.3 is 5.97 Å². The van der Waals surface area contributed by atoms with Crippen LogP contribution in [-0.2, 0) is 15.0 Å². The van der Waals surface area contributed by atoms with Crippen molar-refractivity contribution in [3.05, 3.63) is 35.6 Å². The van der Waals surface area contributed by atoms with Gasteiger partial charge in [0.15, 0.2) is 0 Å². The van der Waals surface area contributed by atoms with Crippen molar-refractivity contribution in [2.24, 2.45) is 11.3 Å². The first-order valence-corrected chi connectivity index (χ1v) is 8.07. The number of aliphatic carboxylic acids is 1. The summed E-state index contributed by atoms with van der Waals surface area (Å²) in [6, 6.07) is 6.28. The van der Waals surface area contributed by atoms with E-state index in [1.54, 1.807) is 36.9 Å². The molecule has 1 saturated heterocycles. The van der Waals surface area contributed by atoms with E-state index in [0.717, 1.165) is 12.8 Å². The Morgan fingerprint density at radius 3 is 2.65 bits per heavy atom. The summed E-state index contributed by atoms with van der Waals surface area (Å²) in [5.41, 5.74) is -1.46. The molecule has 2 aliphatic rings. The number of likely N-dealkylation sites (tertiary alicyclic amines) is 1. The van der Waals surface area contributed by atoms with E-state index >= 15 is 0 Å². The Labute approximate surface area is 135 Å². The molecule has 4 nitrogen and oxygen atoms in total. The third-order valence-corrected chi connectivity index (χ3v) is 5.67. The second-order valence-corrected chi connectivity index (χ2v) is 7.34. The van der Waals surface area contributed by atoms with Crippen LogP contribution in [-0.4, -0.2) is 35.0 Å². The van der Waals surface area contributed by atoms with E-state index in [9.17, 15) is 19.1 Å². The zero-order valence-electron chi connectivity index (χ0n) is 13.5. The van der Waals surface area contributed by atoms with E-state index < -0.39 is 22.6 Å². The SMILES string of the molecule is CC(C)(C(=O)N1C[C@@H]2CCC[C@@]2(C(=O)O)C1)c1ccccc1F. The highest BCUT2D eigenvalue weighted by molar-refractivity contribution is 5.89. The van der Waals surface area contributed by atoms with Gasteiger partial charge in [-0.25, -0.2) is 4.39 Å². The van der Waals surface area contributed by atoms with Crippen molar-refractivity contribution in [3.63, 3.8) is 0 Å². The van der Waals surface area contributed by atoms with Gasteiger partial charge in [-0.1, -0.05) is 24.6 Å². The minimum atomic E-state index is -1.01. The Morgan fingerprint density at radius 2 is 2.04 bits per heavy atom. The Balaban J connectivity index is 1.87. The summed E-state index contributed by atoms with van der Waals surface area (Å²) >= 11 is 0. The van der Waals surface area contributed by atoms with Crippen molar-refractivity contribution in [1.29, 1.82) is 0 Å². The van der Waals surface area contributed by atoms with Gasteiger partial charge in [0.2, 0.25) is 5.91 Å². The van der Waals surface area contributed by atoms with Crippen LogP contribution < -0.4 is 0 Å². The highest BCUT2D eigenvalue weighted by Crippen LogP contribution is 2.49. The molecule has 1 aromatic rings. The van der Waals surface area contributed by atoms with Crippen LogP contribution in [0.25, 0.3) is 0 Å². The molecular weight excluding hydrogens is 297 g/mol. The number of carbonyl (C=O) groups excluding carboxylic acids is 1. The van der Waals surface area contributed by atoms with E-state index in [1.807, 2.05) is 0 Å².